The van der Waals surface area contributed by atoms with E-state index in [1.807, 2.05) is 28.8 Å². The Morgan fingerprint density at radius 2 is 2.00 bits per heavy atom. The van der Waals surface area contributed by atoms with Crippen LogP contribution in [0.3, 0.4) is 0 Å². The summed E-state index contributed by atoms with van der Waals surface area (Å²) < 4.78 is 13.3. The van der Waals surface area contributed by atoms with Crippen LogP contribution in [0.2, 0.25) is 0 Å². The first-order valence-electron chi connectivity index (χ1n) is 10.5. The standard InChI is InChI=1S/C22H28N4O3/c1-3-14(4-2)13-29-22(27)18-19-21(25-17-10-6-5-9-16(17)24-19)26(20(18)23)12-15-8-7-11-28-15/h5-6,9-10,14-15H,3-4,7-8,11-13,23H2,1-2H3. The van der Waals surface area contributed by atoms with E-state index in [-0.39, 0.29) is 6.10 Å². The van der Waals surface area contributed by atoms with Crippen molar-refractivity contribution in [1.29, 1.82) is 0 Å². The highest BCUT2D eigenvalue weighted by molar-refractivity contribution is 6.08. The lowest BCUT2D eigenvalue weighted by Gasteiger charge is -2.14. The molecule has 2 N–H and O–H groups in total. The van der Waals surface area contributed by atoms with Crippen molar-refractivity contribution in [1.82, 2.24) is 14.5 Å². The normalized spacial score (nSPS) is 16.9. The van der Waals surface area contributed by atoms with Gasteiger partial charge in [-0.3, -0.25) is 0 Å². The number of fused-ring (bicyclic) bond motifs is 2. The molecule has 0 amide bonds. The van der Waals surface area contributed by atoms with E-state index < -0.39 is 5.97 Å². The number of benzene rings is 1. The molecule has 0 bridgehead atoms. The van der Waals surface area contributed by atoms with E-state index in [9.17, 15) is 4.79 Å². The van der Waals surface area contributed by atoms with E-state index in [2.05, 4.69) is 13.8 Å². The number of nitrogens with two attached hydrogens (primary N) is 1. The quantitative estimate of drug-likeness (QED) is 0.608. The number of para-hydroxylation sites is 2. The fourth-order valence-electron chi connectivity index (χ4n) is 3.89. The summed E-state index contributed by atoms with van der Waals surface area (Å²) in [5.41, 5.74) is 9.35. The number of carbonyl (C=O) groups is 1. The summed E-state index contributed by atoms with van der Waals surface area (Å²) in [7, 11) is 0. The minimum Gasteiger partial charge on any atom is -0.462 e. The van der Waals surface area contributed by atoms with Gasteiger partial charge in [0.25, 0.3) is 0 Å². The smallest absolute Gasteiger partial charge is 0.344 e. The van der Waals surface area contributed by atoms with Gasteiger partial charge >= 0.3 is 5.97 Å². The molecule has 1 aliphatic rings. The lowest BCUT2D eigenvalue weighted by molar-refractivity contribution is 0.0436. The Labute approximate surface area is 170 Å². The van der Waals surface area contributed by atoms with Gasteiger partial charge in [0, 0.05) is 6.61 Å². The highest BCUT2D eigenvalue weighted by Gasteiger charge is 2.27. The number of anilines is 1. The predicted octanol–water partition coefficient (Wildman–Crippen LogP) is 3.94. The van der Waals surface area contributed by atoms with Crippen LogP contribution in [0.1, 0.15) is 49.9 Å². The monoisotopic (exact) mass is 396 g/mol. The molecule has 4 rings (SSSR count). The first-order valence-corrected chi connectivity index (χ1v) is 10.5. The number of nitrogen functional groups attached to an aromatic ring is 1. The molecule has 1 saturated heterocycles. The van der Waals surface area contributed by atoms with Crippen molar-refractivity contribution >= 4 is 34.0 Å². The van der Waals surface area contributed by atoms with Gasteiger partial charge in [0.1, 0.15) is 16.9 Å². The van der Waals surface area contributed by atoms with Crippen LogP contribution in [0.15, 0.2) is 24.3 Å². The molecule has 0 spiro atoms. The molecule has 3 aromatic rings. The summed E-state index contributed by atoms with van der Waals surface area (Å²) in [4.78, 5) is 22.5. The second-order valence-corrected chi connectivity index (χ2v) is 7.67. The maximum atomic E-state index is 13.0. The second kappa shape index (κ2) is 8.37. The molecule has 1 aromatic carbocycles. The van der Waals surface area contributed by atoms with E-state index in [0.29, 0.717) is 41.6 Å². The summed E-state index contributed by atoms with van der Waals surface area (Å²) in [5, 5.41) is 0. The van der Waals surface area contributed by atoms with Crippen molar-refractivity contribution in [2.45, 2.75) is 52.2 Å². The fourth-order valence-corrected chi connectivity index (χ4v) is 3.89. The molecular weight excluding hydrogens is 368 g/mol. The first kappa shape index (κ1) is 19.6. The number of hydrogen-bond donors (Lipinski definition) is 1. The van der Waals surface area contributed by atoms with E-state index >= 15 is 0 Å². The van der Waals surface area contributed by atoms with E-state index in [1.54, 1.807) is 0 Å². The lowest BCUT2D eigenvalue weighted by Crippen LogP contribution is -2.18. The number of hydrogen-bond acceptors (Lipinski definition) is 6. The zero-order valence-corrected chi connectivity index (χ0v) is 17.1. The number of esters is 1. The molecule has 1 atom stereocenters. The number of ether oxygens (including phenoxy) is 2. The maximum Gasteiger partial charge on any atom is 0.344 e. The van der Waals surface area contributed by atoms with Crippen LogP contribution in [0.25, 0.3) is 22.2 Å². The van der Waals surface area contributed by atoms with E-state index in [0.717, 1.165) is 43.3 Å². The van der Waals surface area contributed by atoms with Crippen LogP contribution in [0.4, 0.5) is 5.82 Å². The van der Waals surface area contributed by atoms with Crippen LogP contribution < -0.4 is 5.73 Å². The van der Waals surface area contributed by atoms with Gasteiger partial charge in [-0.2, -0.15) is 0 Å². The molecule has 1 fully saturated rings. The summed E-state index contributed by atoms with van der Waals surface area (Å²) in [6.45, 7) is 5.88. The average Bonchev–Trinajstić information content (AvgIpc) is 3.34. The Morgan fingerprint density at radius 3 is 2.66 bits per heavy atom. The van der Waals surface area contributed by atoms with Crippen molar-refractivity contribution in [2.75, 3.05) is 18.9 Å². The van der Waals surface area contributed by atoms with Crippen LogP contribution in [0, 0.1) is 5.92 Å². The predicted molar refractivity (Wildman–Crippen MR) is 113 cm³/mol. The molecule has 3 heterocycles. The molecule has 0 aliphatic carbocycles. The number of aromatic nitrogens is 3. The summed E-state index contributed by atoms with van der Waals surface area (Å²) in [6.07, 6.45) is 3.99. The molecule has 7 heteroatoms. The van der Waals surface area contributed by atoms with Gasteiger partial charge in [-0.15, -0.1) is 0 Å². The molecule has 1 unspecified atom stereocenters. The van der Waals surface area contributed by atoms with Crippen molar-refractivity contribution in [3.05, 3.63) is 29.8 Å². The number of carbonyl (C=O) groups excluding carboxylic acids is 1. The Hall–Kier alpha value is -2.67. The van der Waals surface area contributed by atoms with Gasteiger partial charge < -0.3 is 19.8 Å². The third-order valence-corrected chi connectivity index (χ3v) is 5.81. The van der Waals surface area contributed by atoms with Crippen LogP contribution in [-0.4, -0.2) is 39.8 Å². The van der Waals surface area contributed by atoms with Gasteiger partial charge in [-0.25, -0.2) is 14.8 Å². The molecule has 29 heavy (non-hydrogen) atoms. The molecule has 7 nitrogen and oxygen atoms in total. The third kappa shape index (κ3) is 3.79. The molecule has 1 aliphatic heterocycles. The second-order valence-electron chi connectivity index (χ2n) is 7.67. The zero-order chi connectivity index (χ0) is 20.4. The fraction of sp³-hybridized carbons (Fsp3) is 0.500. The molecular formula is C22H28N4O3. The van der Waals surface area contributed by atoms with Gasteiger partial charge in [-0.1, -0.05) is 38.8 Å². The minimum absolute atomic E-state index is 0.0644. The van der Waals surface area contributed by atoms with Crippen molar-refractivity contribution < 1.29 is 14.3 Å². The van der Waals surface area contributed by atoms with Gasteiger partial charge in [0.2, 0.25) is 0 Å². The highest BCUT2D eigenvalue weighted by atomic mass is 16.5. The van der Waals surface area contributed by atoms with Crippen LogP contribution >= 0.6 is 0 Å². The summed E-state index contributed by atoms with van der Waals surface area (Å²) in [5.74, 6) is 0.253. The topological polar surface area (TPSA) is 92.3 Å². The molecule has 154 valence electrons. The number of nitrogens with zero attached hydrogens (tertiary/aromatic N) is 3. The Balaban J connectivity index is 1.78. The average molecular weight is 396 g/mol. The highest BCUT2D eigenvalue weighted by Crippen LogP contribution is 2.30. The van der Waals surface area contributed by atoms with Crippen LogP contribution in [-0.2, 0) is 16.0 Å². The number of rotatable bonds is 7. The maximum absolute atomic E-state index is 13.0. The lowest BCUT2D eigenvalue weighted by atomic mass is 10.1. The van der Waals surface area contributed by atoms with E-state index in [1.165, 1.54) is 0 Å². The van der Waals surface area contributed by atoms with Crippen LogP contribution in [0.5, 0.6) is 0 Å². The minimum atomic E-state index is -0.435. The molecule has 2 aromatic heterocycles. The largest absolute Gasteiger partial charge is 0.462 e. The molecule has 0 saturated carbocycles. The van der Waals surface area contributed by atoms with Crippen molar-refractivity contribution in [3.8, 4) is 0 Å². The van der Waals surface area contributed by atoms with Gasteiger partial charge in [0.15, 0.2) is 5.65 Å². The summed E-state index contributed by atoms with van der Waals surface area (Å²) in [6, 6.07) is 7.62. The van der Waals surface area contributed by atoms with Crippen molar-refractivity contribution in [3.63, 3.8) is 0 Å². The van der Waals surface area contributed by atoms with Gasteiger partial charge in [-0.05, 0) is 30.9 Å². The zero-order valence-electron chi connectivity index (χ0n) is 17.1. The van der Waals surface area contributed by atoms with E-state index in [4.69, 9.17) is 25.2 Å². The Morgan fingerprint density at radius 1 is 1.28 bits per heavy atom. The SMILES string of the molecule is CCC(CC)COC(=O)c1c(N)n(CC2CCCO2)c2nc3ccccc3nc12. The third-order valence-electron chi connectivity index (χ3n) is 5.81. The van der Waals surface area contributed by atoms with Gasteiger partial charge in [0.05, 0.1) is 30.3 Å². The Bertz CT molecular complexity index is 1020. The molecule has 0 radical (unpaired) electrons. The van der Waals surface area contributed by atoms with Crippen molar-refractivity contribution in [2.24, 2.45) is 5.92 Å². The Kier molecular flexibility index (Phi) is 5.67. The summed E-state index contributed by atoms with van der Waals surface area (Å²) >= 11 is 0. The first-order chi connectivity index (χ1) is 14.1.